The number of aromatic nitrogens is 2. The van der Waals surface area contributed by atoms with E-state index in [1.807, 2.05) is 30.3 Å². The largest absolute Gasteiger partial charge is 0.371 e. The van der Waals surface area contributed by atoms with Crippen LogP contribution < -0.4 is 4.90 Å². The minimum Gasteiger partial charge on any atom is -0.371 e. The number of fused-ring (bicyclic) bond motifs is 1. The van der Waals surface area contributed by atoms with Crippen molar-refractivity contribution in [1.29, 1.82) is 5.26 Å². The fourth-order valence-corrected chi connectivity index (χ4v) is 3.48. The molecular formula is C21H20N4. The van der Waals surface area contributed by atoms with Crippen molar-refractivity contribution < 1.29 is 0 Å². The number of benzene rings is 2. The Labute approximate surface area is 147 Å². The highest BCUT2D eigenvalue weighted by Crippen LogP contribution is 2.27. The van der Waals surface area contributed by atoms with Gasteiger partial charge in [-0.2, -0.15) is 5.26 Å². The molecule has 4 heteroatoms. The first-order valence-corrected chi connectivity index (χ1v) is 8.67. The first-order valence-electron chi connectivity index (χ1n) is 8.67. The van der Waals surface area contributed by atoms with Crippen molar-refractivity contribution in [3.8, 4) is 6.07 Å². The lowest BCUT2D eigenvalue weighted by Crippen LogP contribution is -2.18. The van der Waals surface area contributed by atoms with Crippen LogP contribution in [0.25, 0.3) is 22.7 Å². The molecule has 1 fully saturated rings. The van der Waals surface area contributed by atoms with Crippen molar-refractivity contribution >= 4 is 28.4 Å². The Morgan fingerprint density at radius 1 is 1.20 bits per heavy atom. The van der Waals surface area contributed by atoms with E-state index in [1.54, 1.807) is 0 Å². The Balaban J connectivity index is 1.68. The van der Waals surface area contributed by atoms with E-state index in [0.717, 1.165) is 29.7 Å². The van der Waals surface area contributed by atoms with Crippen molar-refractivity contribution in [3.63, 3.8) is 0 Å². The third-order valence-corrected chi connectivity index (χ3v) is 4.74. The molecule has 4 rings (SSSR count). The number of aryl methyl sites for hydroxylation is 1. The van der Waals surface area contributed by atoms with E-state index in [9.17, 15) is 5.26 Å². The number of hydrogen-bond donors (Lipinski definition) is 1. The second kappa shape index (κ2) is 6.45. The van der Waals surface area contributed by atoms with Gasteiger partial charge in [0.1, 0.15) is 11.9 Å². The second-order valence-electron chi connectivity index (χ2n) is 6.51. The summed E-state index contributed by atoms with van der Waals surface area (Å²) in [5.74, 6) is 0.616. The van der Waals surface area contributed by atoms with Gasteiger partial charge < -0.3 is 9.88 Å². The van der Waals surface area contributed by atoms with Crippen molar-refractivity contribution in [2.24, 2.45) is 0 Å². The zero-order valence-corrected chi connectivity index (χ0v) is 14.3. The summed E-state index contributed by atoms with van der Waals surface area (Å²) in [6, 6.07) is 16.5. The second-order valence-corrected chi connectivity index (χ2v) is 6.51. The van der Waals surface area contributed by atoms with E-state index in [0.29, 0.717) is 11.4 Å². The van der Waals surface area contributed by atoms with Crippen LogP contribution >= 0.6 is 0 Å². The molecule has 0 atom stereocenters. The van der Waals surface area contributed by atoms with Crippen molar-refractivity contribution in [2.75, 3.05) is 18.0 Å². The molecule has 0 radical (unpaired) electrons. The number of nitriles is 1. The van der Waals surface area contributed by atoms with Gasteiger partial charge in [0.15, 0.2) is 0 Å². The van der Waals surface area contributed by atoms with Crippen molar-refractivity contribution in [2.45, 2.75) is 19.8 Å². The minimum absolute atomic E-state index is 0.546. The van der Waals surface area contributed by atoms with Crippen LogP contribution in [0.15, 0.2) is 42.5 Å². The van der Waals surface area contributed by atoms with E-state index in [4.69, 9.17) is 0 Å². The van der Waals surface area contributed by atoms with Crippen LogP contribution in [0.4, 0.5) is 5.69 Å². The summed E-state index contributed by atoms with van der Waals surface area (Å²) in [7, 11) is 0. The van der Waals surface area contributed by atoms with Crippen LogP contribution in [-0.2, 0) is 0 Å². The van der Waals surface area contributed by atoms with E-state index >= 15 is 0 Å². The first kappa shape index (κ1) is 15.5. The normalized spacial score (nSPS) is 14.9. The van der Waals surface area contributed by atoms with Gasteiger partial charge in [0.2, 0.25) is 0 Å². The summed E-state index contributed by atoms with van der Waals surface area (Å²) >= 11 is 0. The number of aromatic amines is 1. The maximum atomic E-state index is 9.58. The highest BCUT2D eigenvalue weighted by molar-refractivity contribution is 5.90. The van der Waals surface area contributed by atoms with Crippen molar-refractivity contribution in [1.82, 2.24) is 9.97 Å². The molecule has 1 aliphatic rings. The van der Waals surface area contributed by atoms with Gasteiger partial charge in [-0.05, 0) is 61.2 Å². The fourth-order valence-electron chi connectivity index (χ4n) is 3.48. The summed E-state index contributed by atoms with van der Waals surface area (Å²) in [5.41, 5.74) is 5.94. The predicted octanol–water partition coefficient (Wildman–Crippen LogP) is 4.54. The summed E-state index contributed by atoms with van der Waals surface area (Å²) in [6.45, 7) is 4.41. The maximum Gasteiger partial charge on any atom is 0.149 e. The topological polar surface area (TPSA) is 55.7 Å². The van der Waals surface area contributed by atoms with Crippen LogP contribution in [0.5, 0.6) is 0 Å². The Hall–Kier alpha value is -3.06. The summed E-state index contributed by atoms with van der Waals surface area (Å²) < 4.78 is 0. The molecule has 4 nitrogen and oxygen atoms in total. The molecule has 0 amide bonds. The molecular weight excluding hydrogens is 308 g/mol. The zero-order valence-electron chi connectivity index (χ0n) is 14.3. The van der Waals surface area contributed by atoms with E-state index in [2.05, 4.69) is 46.1 Å². The Bertz CT molecular complexity index is 952. The molecule has 0 unspecified atom stereocenters. The molecule has 25 heavy (non-hydrogen) atoms. The van der Waals surface area contributed by atoms with Crippen LogP contribution in [0, 0.1) is 18.3 Å². The predicted molar refractivity (Wildman–Crippen MR) is 102 cm³/mol. The molecule has 2 aromatic carbocycles. The number of imidazole rings is 1. The minimum atomic E-state index is 0.546. The summed E-state index contributed by atoms with van der Waals surface area (Å²) in [5, 5.41) is 9.58. The molecule has 1 N–H and O–H groups in total. The number of para-hydroxylation sites is 2. The lowest BCUT2D eigenvalue weighted by atomic mass is 10.1. The first-order chi connectivity index (χ1) is 12.2. The molecule has 1 saturated heterocycles. The molecule has 1 aromatic heterocycles. The van der Waals surface area contributed by atoms with Crippen LogP contribution in [0.1, 0.15) is 29.8 Å². The molecule has 0 saturated carbocycles. The van der Waals surface area contributed by atoms with Gasteiger partial charge in [0, 0.05) is 18.8 Å². The Morgan fingerprint density at radius 2 is 2.00 bits per heavy atom. The monoisotopic (exact) mass is 328 g/mol. The molecule has 1 aliphatic heterocycles. The van der Waals surface area contributed by atoms with Crippen LogP contribution in [-0.4, -0.2) is 23.1 Å². The van der Waals surface area contributed by atoms with Gasteiger partial charge in [-0.15, -0.1) is 0 Å². The van der Waals surface area contributed by atoms with Gasteiger partial charge in [-0.3, -0.25) is 0 Å². The number of anilines is 1. The highest BCUT2D eigenvalue weighted by Gasteiger charge is 2.14. The summed E-state index contributed by atoms with van der Waals surface area (Å²) in [6.07, 6.45) is 4.44. The van der Waals surface area contributed by atoms with Crippen LogP contribution in [0.3, 0.4) is 0 Å². The number of rotatable bonds is 3. The Kier molecular flexibility index (Phi) is 3.99. The molecule has 2 heterocycles. The molecule has 0 spiro atoms. The van der Waals surface area contributed by atoms with Gasteiger partial charge in [0.25, 0.3) is 0 Å². The van der Waals surface area contributed by atoms with E-state index in [-0.39, 0.29) is 0 Å². The molecule has 124 valence electrons. The quantitative estimate of drug-likeness (QED) is 0.718. The van der Waals surface area contributed by atoms with Gasteiger partial charge in [-0.1, -0.05) is 18.2 Å². The molecule has 0 bridgehead atoms. The maximum absolute atomic E-state index is 9.58. The summed E-state index contributed by atoms with van der Waals surface area (Å²) in [4.78, 5) is 10.2. The Morgan fingerprint density at radius 3 is 2.72 bits per heavy atom. The molecule has 3 aromatic rings. The number of hydrogen-bond acceptors (Lipinski definition) is 3. The third kappa shape index (κ3) is 3.01. The number of nitrogens with one attached hydrogen (secondary N) is 1. The lowest BCUT2D eigenvalue weighted by Gasteiger charge is -2.20. The average Bonchev–Trinajstić information content (AvgIpc) is 3.29. The van der Waals surface area contributed by atoms with Gasteiger partial charge in [-0.25, -0.2) is 4.98 Å². The average molecular weight is 328 g/mol. The van der Waals surface area contributed by atoms with Gasteiger partial charge >= 0.3 is 0 Å². The lowest BCUT2D eigenvalue weighted by molar-refractivity contribution is 0.949. The van der Waals surface area contributed by atoms with Gasteiger partial charge in [0.05, 0.1) is 16.6 Å². The van der Waals surface area contributed by atoms with Crippen LogP contribution in [0.2, 0.25) is 0 Å². The zero-order chi connectivity index (χ0) is 17.2. The van der Waals surface area contributed by atoms with Crippen molar-refractivity contribution in [3.05, 3.63) is 59.4 Å². The number of H-pyrrole nitrogens is 1. The number of allylic oxidation sites excluding steroid dienone is 1. The van der Waals surface area contributed by atoms with E-state index < -0.39 is 0 Å². The standard InChI is InChI=1S/C21H20N4/c1-15-12-16(8-9-20(15)25-10-4-5-11-25)13-17(14-22)21-23-18-6-2-3-7-19(18)24-21/h2-3,6-9,12-13H,4-5,10-11H2,1H3,(H,23,24)/b17-13+. The third-order valence-electron chi connectivity index (χ3n) is 4.74. The highest BCUT2D eigenvalue weighted by atomic mass is 15.1. The van der Waals surface area contributed by atoms with E-state index in [1.165, 1.54) is 24.1 Å². The SMILES string of the molecule is Cc1cc(/C=C(\C#N)c2nc3ccccc3[nH]2)ccc1N1CCCC1. The fraction of sp³-hybridized carbons (Fsp3) is 0.238. The molecule has 0 aliphatic carbocycles. The smallest absolute Gasteiger partial charge is 0.149 e. The number of nitrogens with zero attached hydrogens (tertiary/aromatic N) is 3.